The molecule has 0 aliphatic heterocycles. The summed E-state index contributed by atoms with van der Waals surface area (Å²) >= 11 is 0. The molecule has 0 aliphatic rings. The third-order valence-electron chi connectivity index (χ3n) is 3.51. The van der Waals surface area contributed by atoms with Crippen LogP contribution in [0.25, 0.3) is 0 Å². The molecule has 4 heteroatoms. The molecule has 0 spiro atoms. The maximum atomic E-state index is 12.2. The average Bonchev–Trinajstić information content (AvgIpc) is 2.47. The zero-order valence-electron chi connectivity index (χ0n) is 13.8. The van der Waals surface area contributed by atoms with E-state index in [0.29, 0.717) is 22.9 Å². The first kappa shape index (κ1) is 16.7. The van der Waals surface area contributed by atoms with Crippen LogP contribution in [0.4, 0.5) is 5.69 Å². The zero-order valence-corrected chi connectivity index (χ0v) is 13.8. The Bertz CT molecular complexity index is 718. The van der Waals surface area contributed by atoms with Crippen LogP contribution in [-0.2, 0) is 4.79 Å². The molecule has 2 rings (SSSR count). The number of aryl methyl sites for hydroxylation is 1. The maximum Gasteiger partial charge on any atom is 0.343 e. The second-order valence-electron chi connectivity index (χ2n) is 5.82. The molecule has 0 aromatic heterocycles. The summed E-state index contributed by atoms with van der Waals surface area (Å²) in [6, 6.07) is 12.3. The van der Waals surface area contributed by atoms with Gasteiger partial charge in [0.2, 0.25) is 5.91 Å². The predicted octanol–water partition coefficient (Wildman–Crippen LogP) is 4.30. The van der Waals surface area contributed by atoms with Gasteiger partial charge < -0.3 is 10.1 Å². The van der Waals surface area contributed by atoms with Crippen LogP contribution in [0.2, 0.25) is 0 Å². The number of hydrogen-bond donors (Lipinski definition) is 1. The van der Waals surface area contributed by atoms with Crippen LogP contribution in [0.1, 0.15) is 48.2 Å². The van der Waals surface area contributed by atoms with Gasteiger partial charge in [-0.25, -0.2) is 4.79 Å². The Morgan fingerprint density at radius 3 is 2.22 bits per heavy atom. The lowest BCUT2D eigenvalue weighted by molar-refractivity contribution is -0.114. The minimum atomic E-state index is -0.420. The second kappa shape index (κ2) is 7.09. The molecule has 2 aromatic carbocycles. The topological polar surface area (TPSA) is 55.4 Å². The van der Waals surface area contributed by atoms with Crippen molar-refractivity contribution in [3.05, 3.63) is 59.2 Å². The first-order valence-corrected chi connectivity index (χ1v) is 7.57. The molecule has 4 nitrogen and oxygen atoms in total. The largest absolute Gasteiger partial charge is 0.423 e. The Morgan fingerprint density at radius 2 is 1.70 bits per heavy atom. The number of hydrogen-bond acceptors (Lipinski definition) is 3. The van der Waals surface area contributed by atoms with Crippen LogP contribution in [0.15, 0.2) is 42.5 Å². The van der Waals surface area contributed by atoms with Crippen LogP contribution in [-0.4, -0.2) is 11.9 Å². The van der Waals surface area contributed by atoms with Gasteiger partial charge in [-0.2, -0.15) is 0 Å². The van der Waals surface area contributed by atoms with E-state index in [0.717, 1.165) is 5.56 Å². The molecule has 120 valence electrons. The van der Waals surface area contributed by atoms with Crippen molar-refractivity contribution in [1.29, 1.82) is 0 Å². The Hall–Kier alpha value is -2.62. The third kappa shape index (κ3) is 4.42. The smallest absolute Gasteiger partial charge is 0.343 e. The van der Waals surface area contributed by atoms with Crippen molar-refractivity contribution < 1.29 is 14.3 Å². The summed E-state index contributed by atoms with van der Waals surface area (Å²) in [6.07, 6.45) is 0. The summed E-state index contributed by atoms with van der Waals surface area (Å²) in [4.78, 5) is 23.1. The summed E-state index contributed by atoms with van der Waals surface area (Å²) in [5.74, 6) is 0.390. The van der Waals surface area contributed by atoms with Crippen LogP contribution >= 0.6 is 0 Å². The first-order valence-electron chi connectivity index (χ1n) is 7.57. The van der Waals surface area contributed by atoms with E-state index >= 15 is 0 Å². The molecule has 0 saturated carbocycles. The number of nitrogens with one attached hydrogen (secondary N) is 1. The molecule has 0 fully saturated rings. The molecule has 0 saturated heterocycles. The molecule has 2 aromatic rings. The fourth-order valence-electron chi connectivity index (χ4n) is 2.42. The van der Waals surface area contributed by atoms with Crippen molar-refractivity contribution in [2.75, 3.05) is 5.32 Å². The Morgan fingerprint density at radius 1 is 1.04 bits per heavy atom. The summed E-state index contributed by atoms with van der Waals surface area (Å²) in [7, 11) is 0. The van der Waals surface area contributed by atoms with Crippen molar-refractivity contribution in [1.82, 2.24) is 0 Å². The number of carbonyl (C=O) groups excluding carboxylic acids is 2. The Kier molecular flexibility index (Phi) is 5.16. The normalized spacial score (nSPS) is 10.5. The van der Waals surface area contributed by atoms with Crippen LogP contribution < -0.4 is 10.1 Å². The minimum absolute atomic E-state index is 0.152. The van der Waals surface area contributed by atoms with E-state index in [-0.39, 0.29) is 5.91 Å². The van der Waals surface area contributed by atoms with Crippen LogP contribution in [0.3, 0.4) is 0 Å². The molecule has 0 atom stereocenters. The summed E-state index contributed by atoms with van der Waals surface area (Å²) in [6.45, 7) is 7.70. The zero-order chi connectivity index (χ0) is 17.0. The molecule has 1 N–H and O–H groups in total. The lowest BCUT2D eigenvalue weighted by Gasteiger charge is -2.11. The standard InChI is InChI=1S/C19H21NO3/c1-12(2)18-10-9-17(11-13(18)3)23-19(22)15-5-7-16(8-6-15)20-14(4)21/h5-12H,1-4H3,(H,20,21). The van der Waals surface area contributed by atoms with E-state index in [9.17, 15) is 9.59 Å². The first-order chi connectivity index (χ1) is 10.9. The highest BCUT2D eigenvalue weighted by Gasteiger charge is 2.11. The number of anilines is 1. The summed E-state index contributed by atoms with van der Waals surface area (Å²) in [5, 5.41) is 2.65. The van der Waals surface area contributed by atoms with Gasteiger partial charge in [-0.15, -0.1) is 0 Å². The molecule has 0 aliphatic carbocycles. The number of amides is 1. The quantitative estimate of drug-likeness (QED) is 0.676. The van der Waals surface area contributed by atoms with E-state index in [1.807, 2.05) is 25.1 Å². The summed E-state index contributed by atoms with van der Waals surface area (Å²) in [5.41, 5.74) is 3.42. The number of ether oxygens (including phenoxy) is 1. The van der Waals surface area contributed by atoms with Gasteiger partial charge >= 0.3 is 5.97 Å². The Balaban J connectivity index is 2.09. The predicted molar refractivity (Wildman–Crippen MR) is 91.0 cm³/mol. The van der Waals surface area contributed by atoms with Crippen LogP contribution in [0.5, 0.6) is 5.75 Å². The van der Waals surface area contributed by atoms with Gasteiger partial charge in [0.15, 0.2) is 0 Å². The van der Waals surface area contributed by atoms with E-state index < -0.39 is 5.97 Å². The summed E-state index contributed by atoms with van der Waals surface area (Å²) < 4.78 is 5.41. The molecule has 0 unspecified atom stereocenters. The molecule has 1 amide bonds. The number of benzene rings is 2. The van der Waals surface area contributed by atoms with Crippen molar-refractivity contribution in [2.45, 2.75) is 33.6 Å². The lowest BCUT2D eigenvalue weighted by atomic mass is 9.98. The van der Waals surface area contributed by atoms with Gasteiger partial charge in [0.1, 0.15) is 5.75 Å². The van der Waals surface area contributed by atoms with Crippen molar-refractivity contribution in [3.8, 4) is 5.75 Å². The maximum absolute atomic E-state index is 12.2. The fourth-order valence-corrected chi connectivity index (χ4v) is 2.42. The van der Waals surface area contributed by atoms with Crippen molar-refractivity contribution in [2.24, 2.45) is 0 Å². The number of carbonyl (C=O) groups is 2. The molecule has 23 heavy (non-hydrogen) atoms. The highest BCUT2D eigenvalue weighted by atomic mass is 16.5. The highest BCUT2D eigenvalue weighted by Crippen LogP contribution is 2.24. The average molecular weight is 311 g/mol. The minimum Gasteiger partial charge on any atom is -0.423 e. The SMILES string of the molecule is CC(=O)Nc1ccc(C(=O)Oc2ccc(C(C)C)c(C)c2)cc1. The molecule has 0 bridgehead atoms. The van der Waals surface area contributed by atoms with E-state index in [1.165, 1.54) is 12.5 Å². The van der Waals surface area contributed by atoms with Gasteiger partial charge in [0.25, 0.3) is 0 Å². The lowest BCUT2D eigenvalue weighted by Crippen LogP contribution is -2.10. The van der Waals surface area contributed by atoms with Gasteiger partial charge in [0, 0.05) is 12.6 Å². The van der Waals surface area contributed by atoms with Gasteiger partial charge in [-0.1, -0.05) is 19.9 Å². The van der Waals surface area contributed by atoms with Crippen LogP contribution in [0, 0.1) is 6.92 Å². The molecular weight excluding hydrogens is 290 g/mol. The van der Waals surface area contributed by atoms with E-state index in [1.54, 1.807) is 24.3 Å². The molecular formula is C19H21NO3. The fraction of sp³-hybridized carbons (Fsp3) is 0.263. The number of esters is 1. The van der Waals surface area contributed by atoms with Gasteiger partial charge in [-0.3, -0.25) is 4.79 Å². The van der Waals surface area contributed by atoms with Crippen molar-refractivity contribution in [3.63, 3.8) is 0 Å². The molecule has 0 heterocycles. The monoisotopic (exact) mass is 311 g/mol. The van der Waals surface area contributed by atoms with Gasteiger partial charge in [-0.05, 0) is 60.4 Å². The van der Waals surface area contributed by atoms with E-state index in [4.69, 9.17) is 4.74 Å². The third-order valence-corrected chi connectivity index (χ3v) is 3.51. The number of rotatable bonds is 4. The molecule has 0 radical (unpaired) electrons. The second-order valence-corrected chi connectivity index (χ2v) is 5.82. The van der Waals surface area contributed by atoms with E-state index in [2.05, 4.69) is 19.2 Å². The highest BCUT2D eigenvalue weighted by molar-refractivity contribution is 5.93. The Labute approximate surface area is 136 Å². The van der Waals surface area contributed by atoms with Crippen molar-refractivity contribution >= 4 is 17.6 Å². The van der Waals surface area contributed by atoms with Gasteiger partial charge in [0.05, 0.1) is 5.56 Å².